The minimum atomic E-state index is -0.00856. The van der Waals surface area contributed by atoms with Crippen molar-refractivity contribution in [1.82, 2.24) is 9.88 Å². The van der Waals surface area contributed by atoms with Crippen LogP contribution in [0.5, 0.6) is 0 Å². The molecule has 4 nitrogen and oxygen atoms in total. The van der Waals surface area contributed by atoms with Crippen molar-refractivity contribution in [3.63, 3.8) is 0 Å². The highest BCUT2D eigenvalue weighted by Crippen LogP contribution is 2.58. The molecule has 0 saturated carbocycles. The van der Waals surface area contributed by atoms with E-state index in [1.807, 2.05) is 0 Å². The molecule has 1 N–H and O–H groups in total. The Morgan fingerprint density at radius 1 is 0.648 bits per heavy atom. The lowest BCUT2D eigenvalue weighted by atomic mass is 9.69. The number of fused-ring (bicyclic) bond motifs is 9. The number of aromatic nitrogens is 1. The van der Waals surface area contributed by atoms with Crippen molar-refractivity contribution >= 4 is 29.0 Å². The average molecular weight is 697 g/mol. The van der Waals surface area contributed by atoms with E-state index in [1.54, 1.807) is 0 Å². The lowest BCUT2D eigenvalue weighted by molar-refractivity contribution is 0.569. The number of rotatable bonds is 5. The number of allylic oxidation sites excluding steroid dienone is 7. The van der Waals surface area contributed by atoms with Gasteiger partial charge in [-0.05, 0) is 77.1 Å². The van der Waals surface area contributed by atoms with Crippen LogP contribution < -0.4 is 10.2 Å². The van der Waals surface area contributed by atoms with E-state index in [4.69, 9.17) is 4.99 Å². The molecule has 0 bridgehead atoms. The minimum absolute atomic E-state index is 0.00856. The van der Waals surface area contributed by atoms with E-state index in [0.29, 0.717) is 17.8 Å². The Morgan fingerprint density at radius 3 is 2.15 bits per heavy atom. The summed E-state index contributed by atoms with van der Waals surface area (Å²) >= 11 is 0. The number of hydrogen-bond donors (Lipinski definition) is 1. The second kappa shape index (κ2) is 12.6. The van der Waals surface area contributed by atoms with Crippen molar-refractivity contribution in [1.29, 1.82) is 0 Å². The van der Waals surface area contributed by atoms with Crippen LogP contribution in [0.15, 0.2) is 187 Å². The molecule has 2 aliphatic heterocycles. The first kappa shape index (κ1) is 31.2. The SMILES string of the molecule is C1=CC2C3=C(c4c(c5c(n4-c4cccc(C6=NC(c7ccccc7)=CC(c7ccccc7)N6)c4)C=CCC5)C2C=C1)N(c1ccccc1)C1C=CC=CC31. The van der Waals surface area contributed by atoms with Gasteiger partial charge in [0.15, 0.2) is 0 Å². The van der Waals surface area contributed by atoms with E-state index >= 15 is 0 Å². The highest BCUT2D eigenvalue weighted by molar-refractivity contribution is 6.04. The van der Waals surface area contributed by atoms with Crippen molar-refractivity contribution in [2.45, 2.75) is 30.8 Å². The smallest absolute Gasteiger partial charge is 0.134 e. The van der Waals surface area contributed by atoms with E-state index in [2.05, 4.69) is 197 Å². The summed E-state index contributed by atoms with van der Waals surface area (Å²) in [6.07, 6.45) is 27.9. The largest absolute Gasteiger partial charge is 0.359 e. The fraction of sp³-hybridized carbons (Fsp3) is 0.140. The Balaban J connectivity index is 1.12. The van der Waals surface area contributed by atoms with E-state index < -0.39 is 0 Å². The number of para-hydroxylation sites is 1. The van der Waals surface area contributed by atoms with Gasteiger partial charge in [0.25, 0.3) is 0 Å². The zero-order valence-electron chi connectivity index (χ0n) is 30.0. The Kier molecular flexibility index (Phi) is 7.29. The molecule has 0 fully saturated rings. The Bertz CT molecular complexity index is 2540. The van der Waals surface area contributed by atoms with Crippen LogP contribution in [0.4, 0.5) is 5.69 Å². The molecule has 5 aromatic rings. The van der Waals surface area contributed by atoms with Gasteiger partial charge in [0.05, 0.1) is 29.2 Å². The van der Waals surface area contributed by atoms with Gasteiger partial charge in [-0.15, -0.1) is 0 Å². The number of hydrogen-bond acceptors (Lipinski definition) is 3. The zero-order chi connectivity index (χ0) is 35.6. The summed E-state index contributed by atoms with van der Waals surface area (Å²) in [4.78, 5) is 7.94. The normalized spacial score (nSPS) is 24.2. The number of benzene rings is 4. The van der Waals surface area contributed by atoms with Crippen molar-refractivity contribution in [3.05, 3.63) is 221 Å². The molecule has 5 unspecified atom stereocenters. The van der Waals surface area contributed by atoms with Gasteiger partial charge in [0.2, 0.25) is 0 Å². The first-order valence-corrected chi connectivity index (χ1v) is 19.3. The molecule has 3 heterocycles. The highest BCUT2D eigenvalue weighted by Gasteiger charge is 2.50. The van der Waals surface area contributed by atoms with Crippen LogP contribution >= 0.6 is 0 Å². The van der Waals surface area contributed by atoms with E-state index in [1.165, 1.54) is 45.0 Å². The number of nitrogens with one attached hydrogen (secondary N) is 1. The van der Waals surface area contributed by atoms with E-state index in [9.17, 15) is 0 Å². The maximum absolute atomic E-state index is 5.30. The zero-order valence-corrected chi connectivity index (χ0v) is 30.0. The lowest BCUT2D eigenvalue weighted by Gasteiger charge is -2.36. The van der Waals surface area contributed by atoms with Crippen molar-refractivity contribution in [2.24, 2.45) is 16.8 Å². The lowest BCUT2D eigenvalue weighted by Crippen LogP contribution is -2.33. The molecular formula is C50H40N4. The fourth-order valence-electron chi connectivity index (χ4n) is 9.74. The predicted octanol–water partition coefficient (Wildman–Crippen LogP) is 10.8. The molecular weight excluding hydrogens is 657 g/mol. The van der Waals surface area contributed by atoms with Gasteiger partial charge in [-0.3, -0.25) is 0 Å². The van der Waals surface area contributed by atoms with Crippen LogP contribution in [0.3, 0.4) is 0 Å². The van der Waals surface area contributed by atoms with Gasteiger partial charge in [-0.25, -0.2) is 4.99 Å². The molecule has 11 rings (SSSR count). The molecule has 5 atom stereocenters. The van der Waals surface area contributed by atoms with Gasteiger partial charge in [-0.1, -0.05) is 146 Å². The molecule has 260 valence electrons. The van der Waals surface area contributed by atoms with Crippen LogP contribution in [-0.4, -0.2) is 16.4 Å². The number of aliphatic imine (C=N–C) groups is 1. The van der Waals surface area contributed by atoms with E-state index in [0.717, 1.165) is 41.2 Å². The maximum atomic E-state index is 5.30. The molecule has 54 heavy (non-hydrogen) atoms. The molecule has 0 radical (unpaired) electrons. The average Bonchev–Trinajstić information content (AvgIpc) is 3.79. The fourth-order valence-corrected chi connectivity index (χ4v) is 9.74. The van der Waals surface area contributed by atoms with Crippen LogP contribution in [0.2, 0.25) is 0 Å². The maximum Gasteiger partial charge on any atom is 0.134 e. The summed E-state index contributed by atoms with van der Waals surface area (Å²) in [7, 11) is 0. The summed E-state index contributed by atoms with van der Waals surface area (Å²) in [5.74, 6) is 1.78. The molecule has 4 aromatic carbocycles. The van der Waals surface area contributed by atoms with Crippen LogP contribution in [-0.2, 0) is 6.42 Å². The van der Waals surface area contributed by atoms with Gasteiger partial charge < -0.3 is 14.8 Å². The quantitative estimate of drug-likeness (QED) is 0.198. The van der Waals surface area contributed by atoms with Gasteiger partial charge in [0.1, 0.15) is 5.84 Å². The Labute approximate surface area is 316 Å². The summed E-state index contributed by atoms with van der Waals surface area (Å²) < 4.78 is 2.59. The van der Waals surface area contributed by atoms with Crippen LogP contribution in [0.25, 0.3) is 23.2 Å². The summed E-state index contributed by atoms with van der Waals surface area (Å²) in [5.41, 5.74) is 15.3. The topological polar surface area (TPSA) is 32.6 Å². The van der Waals surface area contributed by atoms with Crippen LogP contribution in [0, 0.1) is 11.8 Å². The third-order valence-corrected chi connectivity index (χ3v) is 12.0. The number of amidine groups is 1. The van der Waals surface area contributed by atoms with Gasteiger partial charge >= 0.3 is 0 Å². The first-order valence-electron chi connectivity index (χ1n) is 19.3. The predicted molar refractivity (Wildman–Crippen MR) is 222 cm³/mol. The Morgan fingerprint density at radius 2 is 1.33 bits per heavy atom. The number of nitrogens with zero attached hydrogens (tertiary/aromatic N) is 3. The van der Waals surface area contributed by atoms with Crippen molar-refractivity contribution < 1.29 is 0 Å². The van der Waals surface area contributed by atoms with Gasteiger partial charge in [-0.2, -0.15) is 0 Å². The number of anilines is 1. The molecule has 6 aliphatic rings. The van der Waals surface area contributed by atoms with Crippen molar-refractivity contribution in [2.75, 3.05) is 4.90 Å². The molecule has 4 aliphatic carbocycles. The third kappa shape index (κ3) is 4.86. The second-order valence-electron chi connectivity index (χ2n) is 15.0. The first-order chi connectivity index (χ1) is 26.8. The van der Waals surface area contributed by atoms with Crippen LogP contribution in [0.1, 0.15) is 57.6 Å². The molecule has 0 saturated heterocycles. The van der Waals surface area contributed by atoms with E-state index in [-0.39, 0.29) is 12.1 Å². The third-order valence-electron chi connectivity index (χ3n) is 12.0. The molecule has 0 amide bonds. The standard InChI is InChI=1S/C50H40N4/c1-4-17-33(18-5-1)42-32-43(34-19-6-2-7-20-34)52-50(51-42)35-21-16-24-37(31-35)54-45-30-15-13-28-41(45)47-39-26-11-10-25-38(39)46-40-27-12-14-29-44(40)53(48(46)49(47)54)36-22-8-3-9-23-36/h1-12,14-27,29-32,38-40,42,44H,13,28H2,(H,51,52). The second-order valence-corrected chi connectivity index (χ2v) is 15.0. The summed E-state index contributed by atoms with van der Waals surface area (Å²) in [6, 6.07) is 41.5. The molecule has 4 heteroatoms. The summed E-state index contributed by atoms with van der Waals surface area (Å²) in [6.45, 7) is 0. The molecule has 1 aromatic heterocycles. The highest BCUT2D eigenvalue weighted by atomic mass is 15.2. The summed E-state index contributed by atoms with van der Waals surface area (Å²) in [5, 5.41) is 3.82. The van der Waals surface area contributed by atoms with Crippen molar-refractivity contribution in [3.8, 4) is 5.69 Å². The minimum Gasteiger partial charge on any atom is -0.359 e. The van der Waals surface area contributed by atoms with Gasteiger partial charge in [0, 0.05) is 40.4 Å². The molecule has 0 spiro atoms. The monoisotopic (exact) mass is 696 g/mol. The Hall–Kier alpha value is -6.39.